The van der Waals surface area contributed by atoms with E-state index < -0.39 is 0 Å². The third-order valence-corrected chi connectivity index (χ3v) is 6.06. The predicted molar refractivity (Wildman–Crippen MR) is 98.0 cm³/mol. The van der Waals surface area contributed by atoms with Crippen LogP contribution in [-0.4, -0.2) is 4.98 Å². The molecule has 0 bridgehead atoms. The number of rotatable bonds is 0. The summed E-state index contributed by atoms with van der Waals surface area (Å²) < 4.78 is 8.58. The van der Waals surface area contributed by atoms with Crippen LogP contribution in [0, 0.1) is 20.8 Å². The molecule has 0 radical (unpaired) electrons. The molecule has 3 heterocycles. The minimum atomic E-state index is 0.971. The highest BCUT2D eigenvalue weighted by atomic mass is 32.1. The highest BCUT2D eigenvalue weighted by Gasteiger charge is 2.33. The normalized spacial score (nSPS) is 12.5. The van der Waals surface area contributed by atoms with Crippen LogP contribution in [-0.2, 0) is 7.05 Å². The average Bonchev–Trinajstić information content (AvgIpc) is 2.92. The molecule has 2 aromatic heterocycles. The second kappa shape index (κ2) is 4.54. The zero-order chi connectivity index (χ0) is 16.6. The minimum Gasteiger partial charge on any atom is -0.454 e. The highest BCUT2D eigenvalue weighted by Crippen LogP contribution is 2.52. The van der Waals surface area contributed by atoms with Gasteiger partial charge < -0.3 is 4.74 Å². The number of thiophene rings is 1. The molecule has 0 atom stereocenters. The number of aromatic nitrogens is 2. The first kappa shape index (κ1) is 13.9. The van der Waals surface area contributed by atoms with E-state index in [-0.39, 0.29) is 0 Å². The van der Waals surface area contributed by atoms with Crippen molar-refractivity contribution in [2.75, 3.05) is 0 Å². The lowest BCUT2D eigenvalue weighted by atomic mass is 9.90. The Bertz CT molecular complexity index is 1170. The van der Waals surface area contributed by atoms with Crippen molar-refractivity contribution in [1.29, 1.82) is 0 Å². The number of fused-ring (bicyclic) bond motifs is 3. The Morgan fingerprint density at radius 3 is 2.46 bits per heavy atom. The van der Waals surface area contributed by atoms with Gasteiger partial charge in [0.15, 0.2) is 11.4 Å². The molecule has 1 aliphatic heterocycles. The summed E-state index contributed by atoms with van der Waals surface area (Å²) in [6.07, 6.45) is 1.91. The first-order chi connectivity index (χ1) is 11.6. The molecule has 4 aromatic rings. The number of benzene rings is 2. The topological polar surface area (TPSA) is 26.0 Å². The Labute approximate surface area is 144 Å². The minimum absolute atomic E-state index is 0.971. The fourth-order valence-corrected chi connectivity index (χ4v) is 4.80. The molecule has 118 valence electrons. The Hall–Kier alpha value is -2.46. The lowest BCUT2D eigenvalue weighted by Crippen LogP contribution is -2.32. The lowest BCUT2D eigenvalue weighted by Gasteiger charge is -2.23. The van der Waals surface area contributed by atoms with Gasteiger partial charge >= 0.3 is 0 Å². The van der Waals surface area contributed by atoms with E-state index in [4.69, 9.17) is 4.74 Å². The molecular formula is C20H17N2OS+. The second-order valence-corrected chi connectivity index (χ2v) is 7.68. The quantitative estimate of drug-likeness (QED) is 0.374. The molecule has 5 rings (SSSR count). The molecule has 0 spiro atoms. The van der Waals surface area contributed by atoms with Gasteiger partial charge in [0, 0.05) is 10.4 Å². The molecule has 0 aliphatic carbocycles. The van der Waals surface area contributed by atoms with Gasteiger partial charge in [-0.2, -0.15) is 0 Å². The Kier molecular flexibility index (Phi) is 2.64. The van der Waals surface area contributed by atoms with Crippen LogP contribution in [0.4, 0.5) is 0 Å². The number of ether oxygens (including phenoxy) is 1. The van der Waals surface area contributed by atoms with Crippen LogP contribution in [0.3, 0.4) is 0 Å². The maximum absolute atomic E-state index is 6.45. The number of hydrogen-bond acceptors (Lipinski definition) is 3. The molecule has 4 heteroatoms. The van der Waals surface area contributed by atoms with Crippen LogP contribution in [0.2, 0.25) is 0 Å². The summed E-state index contributed by atoms with van der Waals surface area (Å²) in [5.41, 5.74) is 4.88. The van der Waals surface area contributed by atoms with Gasteiger partial charge in [-0.25, -0.2) is 4.57 Å². The maximum Gasteiger partial charge on any atom is 0.288 e. The van der Waals surface area contributed by atoms with E-state index in [0.29, 0.717) is 0 Å². The van der Waals surface area contributed by atoms with Gasteiger partial charge in [-0.15, -0.1) is 0 Å². The largest absolute Gasteiger partial charge is 0.454 e. The van der Waals surface area contributed by atoms with Gasteiger partial charge in [0.05, 0.1) is 12.6 Å². The molecule has 0 saturated carbocycles. The zero-order valence-electron chi connectivity index (χ0n) is 14.1. The van der Waals surface area contributed by atoms with Gasteiger partial charge in [0.25, 0.3) is 6.33 Å². The van der Waals surface area contributed by atoms with E-state index in [2.05, 4.69) is 61.6 Å². The maximum atomic E-state index is 6.45. The van der Waals surface area contributed by atoms with E-state index in [1.165, 1.54) is 38.0 Å². The van der Waals surface area contributed by atoms with Crippen LogP contribution >= 0.6 is 11.3 Å². The van der Waals surface area contributed by atoms with E-state index in [9.17, 15) is 0 Å². The Morgan fingerprint density at radius 1 is 1.00 bits per heavy atom. The van der Waals surface area contributed by atoms with E-state index in [1.807, 2.05) is 6.33 Å². The van der Waals surface area contributed by atoms with E-state index in [1.54, 1.807) is 11.3 Å². The van der Waals surface area contributed by atoms with E-state index in [0.717, 1.165) is 21.7 Å². The number of hydrogen-bond donors (Lipinski definition) is 0. The van der Waals surface area contributed by atoms with Gasteiger partial charge in [-0.1, -0.05) is 35.6 Å². The van der Waals surface area contributed by atoms with Crippen molar-refractivity contribution < 1.29 is 9.30 Å². The molecule has 0 saturated heterocycles. The first-order valence-corrected chi connectivity index (χ1v) is 8.87. The number of nitrogens with zero attached hydrogens (tertiary/aromatic N) is 2. The third kappa shape index (κ3) is 1.56. The predicted octanol–water partition coefficient (Wildman–Crippen LogP) is 4.97. The summed E-state index contributed by atoms with van der Waals surface area (Å²) in [5.74, 6) is 1.96. The van der Waals surface area contributed by atoms with Crippen molar-refractivity contribution in [1.82, 2.24) is 4.98 Å². The first-order valence-electron chi connectivity index (χ1n) is 8.05. The molecule has 1 aliphatic rings. The molecule has 0 unspecified atom stereocenters. The van der Waals surface area contributed by atoms with Gasteiger partial charge in [0.2, 0.25) is 4.83 Å². The molecule has 0 amide bonds. The lowest BCUT2D eigenvalue weighted by molar-refractivity contribution is -0.662. The van der Waals surface area contributed by atoms with Crippen molar-refractivity contribution in [3.05, 3.63) is 46.6 Å². The summed E-state index contributed by atoms with van der Waals surface area (Å²) in [7, 11) is 2.07. The molecule has 2 aromatic carbocycles. The van der Waals surface area contributed by atoms with Crippen LogP contribution in [0.5, 0.6) is 11.5 Å². The van der Waals surface area contributed by atoms with Crippen LogP contribution in [0.1, 0.15) is 16.0 Å². The van der Waals surface area contributed by atoms with Gasteiger partial charge in [-0.3, -0.25) is 0 Å². The number of aryl methyl sites for hydroxylation is 4. The monoisotopic (exact) mass is 333 g/mol. The highest BCUT2D eigenvalue weighted by molar-refractivity contribution is 7.19. The third-order valence-electron chi connectivity index (χ3n) is 5.07. The summed E-state index contributed by atoms with van der Waals surface area (Å²) >= 11 is 1.70. The SMILES string of the molecule is Cc1sc2nc[n+](C)c3c2c1Oc1c-3c(C)c2ccccc2c1C. The van der Waals surface area contributed by atoms with Crippen molar-refractivity contribution in [2.24, 2.45) is 7.05 Å². The fourth-order valence-electron chi connectivity index (χ4n) is 3.88. The summed E-state index contributed by atoms with van der Waals surface area (Å²) in [6, 6.07) is 8.58. The Balaban J connectivity index is 2.06. The molecular weight excluding hydrogens is 316 g/mol. The Morgan fingerprint density at radius 2 is 1.71 bits per heavy atom. The van der Waals surface area contributed by atoms with Crippen LogP contribution in [0.15, 0.2) is 30.6 Å². The smallest absolute Gasteiger partial charge is 0.288 e. The summed E-state index contributed by atoms with van der Waals surface area (Å²) in [5, 5.41) is 3.70. The van der Waals surface area contributed by atoms with Gasteiger partial charge in [-0.05, 0) is 42.1 Å². The molecule has 24 heavy (non-hydrogen) atoms. The molecule has 0 N–H and O–H groups in total. The van der Waals surface area contributed by atoms with Crippen LogP contribution < -0.4 is 9.30 Å². The molecule has 3 nitrogen and oxygen atoms in total. The summed E-state index contributed by atoms with van der Waals surface area (Å²) in [4.78, 5) is 6.82. The molecule has 0 fully saturated rings. The van der Waals surface area contributed by atoms with Crippen molar-refractivity contribution in [2.45, 2.75) is 20.8 Å². The fraction of sp³-hybridized carbons (Fsp3) is 0.200. The van der Waals surface area contributed by atoms with E-state index >= 15 is 0 Å². The van der Waals surface area contributed by atoms with Crippen molar-refractivity contribution in [3.8, 4) is 22.8 Å². The standard InChI is InChI=1S/C20H17N2OS/c1-10-13-7-5-6-8-14(13)11(2)18-15(10)17-16-19(23-18)12(3)24-20(16)21-9-22(17)4/h5-9H,1-4H3/q+1. The average molecular weight is 333 g/mol. The van der Waals surface area contributed by atoms with Crippen LogP contribution in [0.25, 0.3) is 32.2 Å². The summed E-state index contributed by atoms with van der Waals surface area (Å²) in [6.45, 7) is 6.46. The zero-order valence-corrected chi connectivity index (χ0v) is 14.9. The second-order valence-electron chi connectivity index (χ2n) is 6.47. The van der Waals surface area contributed by atoms with Crippen molar-refractivity contribution >= 4 is 32.3 Å². The van der Waals surface area contributed by atoms with Crippen molar-refractivity contribution in [3.63, 3.8) is 0 Å². The van der Waals surface area contributed by atoms with Gasteiger partial charge in [0.1, 0.15) is 11.1 Å².